The van der Waals surface area contributed by atoms with Gasteiger partial charge in [-0.05, 0) is 133 Å². The zero-order valence-electron chi connectivity index (χ0n) is 36.3. The predicted molar refractivity (Wildman–Crippen MR) is 240 cm³/mol. The molecule has 5 aliphatic heterocycles. The summed E-state index contributed by atoms with van der Waals surface area (Å²) < 4.78 is 11.6. The zero-order valence-corrected chi connectivity index (χ0v) is 36.3. The summed E-state index contributed by atoms with van der Waals surface area (Å²) in [5.41, 5.74) is 8.44. The Kier molecular flexibility index (Phi) is 11.6. The summed E-state index contributed by atoms with van der Waals surface area (Å²) in [7, 11) is 0. The Labute approximate surface area is 363 Å². The molecule has 1 unspecified atom stereocenters. The molecule has 3 saturated heterocycles. The summed E-state index contributed by atoms with van der Waals surface area (Å²) in [4.78, 5) is 60.2. The molecule has 0 aliphatic carbocycles. The van der Waals surface area contributed by atoms with Crippen molar-refractivity contribution < 1.29 is 23.9 Å². The molecule has 0 bridgehead atoms. The smallest absolute Gasteiger partial charge is 0.415 e. The molecule has 15 heteroatoms. The number of carbonyl (C=O) groups is 3. The van der Waals surface area contributed by atoms with E-state index in [0.29, 0.717) is 62.0 Å². The molecule has 9 rings (SSSR count). The molecule has 326 valence electrons. The highest BCUT2D eigenvalue weighted by molar-refractivity contribution is 6.01. The quantitative estimate of drug-likeness (QED) is 0.162. The van der Waals surface area contributed by atoms with Crippen molar-refractivity contribution >= 4 is 52.3 Å². The second kappa shape index (κ2) is 17.4. The van der Waals surface area contributed by atoms with E-state index in [4.69, 9.17) is 14.5 Å². The Morgan fingerprint density at radius 2 is 1.58 bits per heavy atom. The molecule has 62 heavy (non-hydrogen) atoms. The van der Waals surface area contributed by atoms with E-state index in [1.165, 1.54) is 11.3 Å². The van der Waals surface area contributed by atoms with Gasteiger partial charge < -0.3 is 34.8 Å². The lowest BCUT2D eigenvalue weighted by Crippen LogP contribution is -2.47. The third-order valence-corrected chi connectivity index (χ3v) is 12.9. The number of anilines is 6. The number of pyridine rings is 1. The molecule has 2 aromatic carbocycles. The van der Waals surface area contributed by atoms with Crippen LogP contribution in [0.1, 0.15) is 87.6 Å². The van der Waals surface area contributed by atoms with Crippen LogP contribution in [0.5, 0.6) is 5.88 Å². The molecular formula is C47H58N10O5. The van der Waals surface area contributed by atoms with Gasteiger partial charge in [0.25, 0.3) is 0 Å². The largest absolute Gasteiger partial charge is 0.474 e. The number of aromatic nitrogens is 3. The second-order valence-corrected chi connectivity index (χ2v) is 18.2. The molecule has 0 saturated carbocycles. The molecule has 4 aromatic rings. The Balaban J connectivity index is 0.754. The van der Waals surface area contributed by atoms with Gasteiger partial charge in [-0.25, -0.2) is 19.7 Å². The number of piperidine rings is 3. The lowest BCUT2D eigenvalue weighted by molar-refractivity contribution is -0.133. The van der Waals surface area contributed by atoms with E-state index >= 15 is 0 Å². The molecule has 0 radical (unpaired) electrons. The van der Waals surface area contributed by atoms with Crippen molar-refractivity contribution in [3.8, 4) is 5.88 Å². The lowest BCUT2D eigenvalue weighted by Gasteiger charge is -2.42. The molecule has 5 aliphatic rings. The number of fused-ring (bicyclic) bond motifs is 2. The van der Waals surface area contributed by atoms with Crippen LogP contribution in [0.4, 0.5) is 39.2 Å². The van der Waals surface area contributed by atoms with Gasteiger partial charge >= 0.3 is 6.09 Å². The first-order valence-corrected chi connectivity index (χ1v) is 22.2. The van der Waals surface area contributed by atoms with Crippen molar-refractivity contribution in [2.24, 2.45) is 0 Å². The normalized spacial score (nSPS) is 20.2. The van der Waals surface area contributed by atoms with E-state index in [1.54, 1.807) is 4.90 Å². The van der Waals surface area contributed by atoms with Crippen LogP contribution in [0, 0.1) is 6.92 Å². The summed E-state index contributed by atoms with van der Waals surface area (Å²) >= 11 is 0. The number of nitrogens with one attached hydrogen (secondary N) is 3. The average molecular weight is 843 g/mol. The molecule has 3 fully saturated rings. The van der Waals surface area contributed by atoms with Crippen LogP contribution in [0.2, 0.25) is 0 Å². The fourth-order valence-electron chi connectivity index (χ4n) is 9.57. The highest BCUT2D eigenvalue weighted by Crippen LogP contribution is 2.40. The molecule has 7 heterocycles. The lowest BCUT2D eigenvalue weighted by atomic mass is 9.88. The Bertz CT molecular complexity index is 2280. The maximum Gasteiger partial charge on any atom is 0.415 e. The van der Waals surface area contributed by atoms with E-state index in [-0.39, 0.29) is 17.9 Å². The molecule has 0 spiro atoms. The van der Waals surface area contributed by atoms with Crippen LogP contribution < -0.4 is 35.4 Å². The van der Waals surface area contributed by atoms with Gasteiger partial charge in [0.2, 0.25) is 23.6 Å². The van der Waals surface area contributed by atoms with Crippen LogP contribution in [0.3, 0.4) is 0 Å². The maximum absolute atomic E-state index is 13.2. The molecule has 1 atom stereocenters. The average Bonchev–Trinajstić information content (AvgIpc) is 3.27. The molecule has 3 N–H and O–H groups in total. The number of hydrogen-bond acceptors (Lipinski definition) is 13. The number of amides is 3. The van der Waals surface area contributed by atoms with Crippen molar-refractivity contribution in [1.29, 1.82) is 0 Å². The predicted octanol–water partition coefficient (Wildman–Crippen LogP) is 6.69. The Morgan fingerprint density at radius 3 is 2.31 bits per heavy atom. The number of imide groups is 1. The van der Waals surface area contributed by atoms with Gasteiger partial charge in [0, 0.05) is 60.9 Å². The second-order valence-electron chi connectivity index (χ2n) is 18.2. The number of nitrogens with zero attached hydrogens (tertiary/aromatic N) is 7. The number of rotatable bonds is 8. The zero-order chi connectivity index (χ0) is 43.0. The summed E-state index contributed by atoms with van der Waals surface area (Å²) in [5.74, 6) is 1.11. The van der Waals surface area contributed by atoms with Gasteiger partial charge in [0.1, 0.15) is 23.9 Å². The van der Waals surface area contributed by atoms with Crippen LogP contribution in [-0.4, -0.2) is 101 Å². The number of hydrogen-bond donors (Lipinski definition) is 3. The summed E-state index contributed by atoms with van der Waals surface area (Å²) in [6.07, 6.45) is 9.67. The maximum atomic E-state index is 13.2. The van der Waals surface area contributed by atoms with Gasteiger partial charge in [-0.15, -0.1) is 0 Å². The van der Waals surface area contributed by atoms with Crippen molar-refractivity contribution in [2.45, 2.75) is 103 Å². The minimum atomic E-state index is -0.613. The monoisotopic (exact) mass is 842 g/mol. The van der Waals surface area contributed by atoms with E-state index in [0.717, 1.165) is 98.7 Å². The summed E-state index contributed by atoms with van der Waals surface area (Å²) in [6, 6.07) is 17.4. The minimum absolute atomic E-state index is 0.196. The molecule has 3 amide bonds. The van der Waals surface area contributed by atoms with Crippen LogP contribution in [-0.2, 0) is 27.3 Å². The van der Waals surface area contributed by atoms with E-state index in [2.05, 4.69) is 89.1 Å². The summed E-state index contributed by atoms with van der Waals surface area (Å²) in [5, 5.41) is 9.14. The van der Waals surface area contributed by atoms with Crippen molar-refractivity contribution in [3.05, 3.63) is 83.3 Å². The first-order chi connectivity index (χ1) is 29.9. The van der Waals surface area contributed by atoms with Gasteiger partial charge in [0.15, 0.2) is 0 Å². The summed E-state index contributed by atoms with van der Waals surface area (Å²) in [6.45, 7) is 14.0. The van der Waals surface area contributed by atoms with E-state index in [9.17, 15) is 14.4 Å². The topological polar surface area (TPSA) is 157 Å². The van der Waals surface area contributed by atoms with Crippen LogP contribution in [0.25, 0.3) is 0 Å². The number of carbonyl (C=O) groups excluding carboxylic acids is 3. The highest BCUT2D eigenvalue weighted by atomic mass is 16.6. The third kappa shape index (κ3) is 9.13. The number of ether oxygens (including phenoxy) is 2. The van der Waals surface area contributed by atoms with Crippen molar-refractivity contribution in [3.63, 3.8) is 0 Å². The minimum Gasteiger partial charge on any atom is -0.474 e. The number of likely N-dealkylation sites (tertiary alicyclic amines) is 1. The van der Waals surface area contributed by atoms with Gasteiger partial charge in [-0.2, -0.15) is 0 Å². The first-order valence-electron chi connectivity index (χ1n) is 22.2. The van der Waals surface area contributed by atoms with Crippen molar-refractivity contribution in [1.82, 2.24) is 25.2 Å². The SMILES string of the molecule is Cc1c(N2CCc3cnc(Nc4ccc(N5CCC(N6CCC(c7ccc(NC8CCC(=O)NC8=O)cc7)CC6)CC5)cc4)nc3C2)cnc2c1N(C(=O)OC(C)(C)C)CCO2. The van der Waals surface area contributed by atoms with Crippen molar-refractivity contribution in [2.75, 3.05) is 71.2 Å². The third-order valence-electron chi connectivity index (χ3n) is 12.9. The highest BCUT2D eigenvalue weighted by Gasteiger charge is 2.34. The molecular weight excluding hydrogens is 785 g/mol. The van der Waals surface area contributed by atoms with Crippen LogP contribution >= 0.6 is 0 Å². The van der Waals surface area contributed by atoms with E-state index in [1.807, 2.05) is 40.1 Å². The van der Waals surface area contributed by atoms with Gasteiger partial charge in [0.05, 0.1) is 30.7 Å². The number of benzene rings is 2. The van der Waals surface area contributed by atoms with E-state index < -0.39 is 11.7 Å². The standard InChI is InChI=1S/C47H58N10O5/c1-30-40(28-48-44-42(30)57(25-26-61-44)46(60)62-47(2,3)4)56-22-17-33-27-49-45(52-39(33)29-56)51-35-9-11-36(12-10-35)55-23-18-37(19-24-55)54-20-15-32(16-21-54)31-5-7-34(8-6-31)50-38-13-14-41(58)53-43(38)59/h5-12,27-28,32,37-38,50H,13-26,29H2,1-4H3,(H,49,51,52)(H,53,58,59). The molecule has 2 aromatic heterocycles. The molecule has 15 nitrogen and oxygen atoms in total. The first kappa shape index (κ1) is 41.4. The fraction of sp³-hybridized carbons (Fsp3) is 0.489. The van der Waals surface area contributed by atoms with Crippen LogP contribution in [0.15, 0.2) is 60.9 Å². The van der Waals surface area contributed by atoms with Gasteiger partial charge in [-0.1, -0.05) is 12.1 Å². The Hall–Kier alpha value is -5.96. The Morgan fingerprint density at radius 1 is 0.839 bits per heavy atom. The van der Waals surface area contributed by atoms with Gasteiger partial charge in [-0.3, -0.25) is 19.8 Å². The fourth-order valence-corrected chi connectivity index (χ4v) is 9.57.